The first-order valence-electron chi connectivity index (χ1n) is 2.53. The topological polar surface area (TPSA) is 17.1 Å². The molecule has 0 aliphatic heterocycles. The summed E-state index contributed by atoms with van der Waals surface area (Å²) >= 11 is 5.55. The van der Waals surface area contributed by atoms with Crippen molar-refractivity contribution in [1.82, 2.24) is 0 Å². The van der Waals surface area contributed by atoms with Crippen LogP contribution in [0.1, 0.15) is 11.8 Å². The van der Waals surface area contributed by atoms with Crippen molar-refractivity contribution >= 4 is 17.9 Å². The Hall–Kier alpha value is 0.816. The molecule has 0 heterocycles. The molecule has 0 aromatic heterocycles. The van der Waals surface area contributed by atoms with Crippen LogP contribution in [-0.2, 0) is 0 Å². The van der Waals surface area contributed by atoms with Gasteiger partial charge in [-0.2, -0.15) is 0 Å². The van der Waals surface area contributed by atoms with Crippen LogP contribution in [-0.4, -0.2) is 6.29 Å². The molecule has 0 aliphatic carbocycles. The molecular formula is C7H6ClKO. The van der Waals surface area contributed by atoms with Crippen LogP contribution in [0.4, 0.5) is 0 Å². The maximum atomic E-state index is 10.1. The molecule has 0 spiro atoms. The average Bonchev–Trinajstić information content (AvgIpc) is 1.90. The molecule has 1 nitrogen and oxygen atoms in total. The number of rotatable bonds is 1. The molecule has 0 N–H and O–H groups in total. The number of halogens is 1. The summed E-state index contributed by atoms with van der Waals surface area (Å²) in [5.74, 6) is 0. The number of benzene rings is 1. The molecule has 1 aromatic carbocycles. The van der Waals surface area contributed by atoms with Crippen molar-refractivity contribution in [3.8, 4) is 0 Å². The van der Waals surface area contributed by atoms with E-state index in [9.17, 15) is 4.79 Å². The van der Waals surface area contributed by atoms with E-state index in [1.54, 1.807) is 24.3 Å². The molecule has 48 valence electrons. The molecule has 1 aromatic rings. The van der Waals surface area contributed by atoms with Gasteiger partial charge in [-0.1, -0.05) is 23.7 Å². The van der Waals surface area contributed by atoms with Crippen LogP contribution in [0, 0.1) is 0 Å². The average molecular weight is 181 g/mol. The van der Waals surface area contributed by atoms with Crippen molar-refractivity contribution < 1.29 is 57.6 Å². The minimum absolute atomic E-state index is 0. The molecular weight excluding hydrogens is 175 g/mol. The molecule has 0 amide bonds. The van der Waals surface area contributed by atoms with Gasteiger partial charge in [-0.05, 0) is 12.1 Å². The van der Waals surface area contributed by atoms with E-state index in [1.165, 1.54) is 0 Å². The van der Waals surface area contributed by atoms with Gasteiger partial charge < -0.3 is 1.43 Å². The number of carbonyl (C=O) groups excluding carboxylic acids is 1. The summed E-state index contributed by atoms with van der Waals surface area (Å²) in [5.41, 5.74) is 0.652. The molecule has 0 unspecified atom stereocenters. The predicted octanol–water partition coefficient (Wildman–Crippen LogP) is -0.731. The van der Waals surface area contributed by atoms with Crippen LogP contribution in [0.2, 0.25) is 5.02 Å². The van der Waals surface area contributed by atoms with Gasteiger partial charge in [0, 0.05) is 10.6 Å². The summed E-state index contributed by atoms with van der Waals surface area (Å²) in [4.78, 5) is 10.1. The number of carbonyl (C=O) groups is 1. The molecule has 3 heteroatoms. The Morgan fingerprint density at radius 3 is 2.20 bits per heavy atom. The molecule has 1 rings (SSSR count). The zero-order chi connectivity index (χ0) is 6.69. The Labute approximate surface area is 109 Å². The number of hydrogen-bond acceptors (Lipinski definition) is 1. The van der Waals surface area contributed by atoms with Crippen LogP contribution in [0.3, 0.4) is 0 Å². The van der Waals surface area contributed by atoms with E-state index in [0.29, 0.717) is 10.6 Å². The predicted molar refractivity (Wildman–Crippen MR) is 38.0 cm³/mol. The smallest absolute Gasteiger partial charge is 1.00 e. The second kappa shape index (κ2) is 5.46. The van der Waals surface area contributed by atoms with Crippen molar-refractivity contribution in [3.63, 3.8) is 0 Å². The standard InChI is InChI=1S/C7H5ClO.K.H/c8-7-3-1-6(5-9)2-4-7;;/h1-5H;;/q;+1;-1. The van der Waals surface area contributed by atoms with Crippen LogP contribution >= 0.6 is 11.6 Å². The van der Waals surface area contributed by atoms with Crippen molar-refractivity contribution in [2.45, 2.75) is 0 Å². The normalized spacial score (nSPS) is 8.10. The molecule has 0 aliphatic rings. The van der Waals surface area contributed by atoms with Gasteiger partial charge in [0.15, 0.2) is 0 Å². The van der Waals surface area contributed by atoms with Gasteiger partial charge in [0.25, 0.3) is 0 Å². The Bertz CT molecular complexity index is 212. The fraction of sp³-hybridized carbons (Fsp3) is 0. The van der Waals surface area contributed by atoms with Crippen molar-refractivity contribution in [2.75, 3.05) is 0 Å². The molecule has 0 saturated heterocycles. The molecule has 0 fully saturated rings. The van der Waals surface area contributed by atoms with Crippen LogP contribution < -0.4 is 51.4 Å². The van der Waals surface area contributed by atoms with Gasteiger partial charge in [0.05, 0.1) is 0 Å². The van der Waals surface area contributed by atoms with E-state index >= 15 is 0 Å². The summed E-state index contributed by atoms with van der Waals surface area (Å²) < 4.78 is 0. The summed E-state index contributed by atoms with van der Waals surface area (Å²) in [6, 6.07) is 6.72. The maximum absolute atomic E-state index is 10.1. The van der Waals surface area contributed by atoms with Crippen molar-refractivity contribution in [1.29, 1.82) is 0 Å². The second-order valence-corrected chi connectivity index (χ2v) is 2.11. The van der Waals surface area contributed by atoms with E-state index in [2.05, 4.69) is 0 Å². The SMILES string of the molecule is O=Cc1ccc(Cl)cc1.[H-].[K+]. The fourth-order valence-electron chi connectivity index (χ4n) is 0.541. The first-order valence-corrected chi connectivity index (χ1v) is 2.91. The molecule has 0 bridgehead atoms. The van der Waals surface area contributed by atoms with Gasteiger partial charge in [-0.15, -0.1) is 0 Å². The van der Waals surface area contributed by atoms with E-state index in [-0.39, 0.29) is 52.8 Å². The maximum Gasteiger partial charge on any atom is 1.00 e. The van der Waals surface area contributed by atoms with Gasteiger partial charge in [0.1, 0.15) is 6.29 Å². The quantitative estimate of drug-likeness (QED) is 0.412. The fourth-order valence-corrected chi connectivity index (χ4v) is 0.667. The van der Waals surface area contributed by atoms with Crippen molar-refractivity contribution in [2.24, 2.45) is 0 Å². The Morgan fingerprint density at radius 2 is 1.80 bits per heavy atom. The second-order valence-electron chi connectivity index (χ2n) is 1.67. The summed E-state index contributed by atoms with van der Waals surface area (Å²) in [6.07, 6.45) is 0.788. The Morgan fingerprint density at radius 1 is 1.30 bits per heavy atom. The molecule has 10 heavy (non-hydrogen) atoms. The molecule has 0 saturated carbocycles. The Kier molecular flexibility index (Phi) is 5.91. The van der Waals surface area contributed by atoms with Crippen LogP contribution in [0.15, 0.2) is 24.3 Å². The van der Waals surface area contributed by atoms with Crippen molar-refractivity contribution in [3.05, 3.63) is 34.9 Å². The largest absolute Gasteiger partial charge is 1.00 e. The van der Waals surface area contributed by atoms with Crippen LogP contribution in [0.5, 0.6) is 0 Å². The van der Waals surface area contributed by atoms with Gasteiger partial charge in [-0.3, -0.25) is 4.79 Å². The summed E-state index contributed by atoms with van der Waals surface area (Å²) in [5, 5.41) is 0.653. The summed E-state index contributed by atoms with van der Waals surface area (Å²) in [6.45, 7) is 0. The molecule has 0 radical (unpaired) electrons. The third-order valence-electron chi connectivity index (χ3n) is 1.01. The zero-order valence-electron chi connectivity index (χ0n) is 6.67. The third kappa shape index (κ3) is 3.28. The van der Waals surface area contributed by atoms with E-state index in [1.807, 2.05) is 0 Å². The monoisotopic (exact) mass is 180 g/mol. The number of aldehydes is 1. The first kappa shape index (κ1) is 10.8. The van der Waals surface area contributed by atoms with Gasteiger partial charge in [-0.25, -0.2) is 0 Å². The zero-order valence-corrected chi connectivity index (χ0v) is 9.55. The van der Waals surface area contributed by atoms with Crippen LogP contribution in [0.25, 0.3) is 0 Å². The minimum Gasteiger partial charge on any atom is -1.00 e. The summed E-state index contributed by atoms with van der Waals surface area (Å²) in [7, 11) is 0. The Balaban J connectivity index is 0. The van der Waals surface area contributed by atoms with E-state index in [4.69, 9.17) is 11.6 Å². The van der Waals surface area contributed by atoms with Gasteiger partial charge in [0.2, 0.25) is 0 Å². The molecule has 0 atom stereocenters. The minimum atomic E-state index is 0. The van der Waals surface area contributed by atoms with E-state index < -0.39 is 0 Å². The van der Waals surface area contributed by atoms with Gasteiger partial charge >= 0.3 is 51.4 Å². The first-order chi connectivity index (χ1) is 4.33. The third-order valence-corrected chi connectivity index (χ3v) is 1.26. The number of hydrogen-bond donors (Lipinski definition) is 0. The van der Waals surface area contributed by atoms with E-state index in [0.717, 1.165) is 6.29 Å².